The van der Waals surface area contributed by atoms with Crippen molar-refractivity contribution in [2.24, 2.45) is 5.73 Å². The molecular formula is C16H14N4O. The van der Waals surface area contributed by atoms with Gasteiger partial charge in [0.1, 0.15) is 5.82 Å². The van der Waals surface area contributed by atoms with Crippen LogP contribution in [0.3, 0.4) is 0 Å². The second-order valence-electron chi connectivity index (χ2n) is 4.95. The van der Waals surface area contributed by atoms with Crippen LogP contribution in [0.25, 0.3) is 11.1 Å². The molecule has 1 fully saturated rings. The van der Waals surface area contributed by atoms with Crippen LogP contribution in [-0.2, 0) is 4.79 Å². The SMILES string of the molecule is N#Cc1ccccc1-c1ccc(N2CCC(N)C2=O)nc1. The third kappa shape index (κ3) is 2.37. The molecule has 2 aromatic rings. The Morgan fingerprint density at radius 3 is 2.71 bits per heavy atom. The first-order chi connectivity index (χ1) is 10.2. The van der Waals surface area contributed by atoms with E-state index in [0.29, 0.717) is 24.3 Å². The van der Waals surface area contributed by atoms with Crippen LogP contribution >= 0.6 is 0 Å². The number of carbonyl (C=O) groups excluding carboxylic acids is 1. The van der Waals surface area contributed by atoms with E-state index in [4.69, 9.17) is 11.0 Å². The van der Waals surface area contributed by atoms with Crippen LogP contribution in [0, 0.1) is 11.3 Å². The molecule has 2 heterocycles. The summed E-state index contributed by atoms with van der Waals surface area (Å²) < 4.78 is 0. The zero-order chi connectivity index (χ0) is 14.8. The summed E-state index contributed by atoms with van der Waals surface area (Å²) in [5.41, 5.74) is 8.00. The summed E-state index contributed by atoms with van der Waals surface area (Å²) in [5, 5.41) is 9.13. The minimum atomic E-state index is -0.425. The Morgan fingerprint density at radius 1 is 1.29 bits per heavy atom. The maximum Gasteiger partial charge on any atom is 0.245 e. The van der Waals surface area contributed by atoms with Crippen molar-refractivity contribution in [2.75, 3.05) is 11.4 Å². The number of hydrogen-bond acceptors (Lipinski definition) is 4. The van der Waals surface area contributed by atoms with Crippen molar-refractivity contribution in [3.05, 3.63) is 48.2 Å². The molecule has 3 rings (SSSR count). The quantitative estimate of drug-likeness (QED) is 0.906. The lowest BCUT2D eigenvalue weighted by molar-refractivity contribution is -0.118. The van der Waals surface area contributed by atoms with Gasteiger partial charge < -0.3 is 5.73 Å². The van der Waals surface area contributed by atoms with Crippen molar-refractivity contribution in [1.29, 1.82) is 5.26 Å². The van der Waals surface area contributed by atoms with Gasteiger partial charge in [0, 0.05) is 23.9 Å². The molecule has 5 heteroatoms. The van der Waals surface area contributed by atoms with E-state index in [9.17, 15) is 4.79 Å². The molecule has 0 spiro atoms. The fraction of sp³-hybridized carbons (Fsp3) is 0.188. The van der Waals surface area contributed by atoms with Crippen molar-refractivity contribution in [3.63, 3.8) is 0 Å². The molecule has 0 aliphatic carbocycles. The molecule has 21 heavy (non-hydrogen) atoms. The summed E-state index contributed by atoms with van der Waals surface area (Å²) in [4.78, 5) is 17.8. The predicted octanol–water partition coefficient (Wildman–Crippen LogP) is 1.68. The number of hydrogen-bond donors (Lipinski definition) is 1. The fourth-order valence-electron chi connectivity index (χ4n) is 2.47. The van der Waals surface area contributed by atoms with Crippen LogP contribution in [0.4, 0.5) is 5.82 Å². The number of rotatable bonds is 2. The first-order valence-corrected chi connectivity index (χ1v) is 6.73. The van der Waals surface area contributed by atoms with Gasteiger partial charge in [-0.3, -0.25) is 9.69 Å². The molecule has 1 aromatic heterocycles. The Hall–Kier alpha value is -2.71. The van der Waals surface area contributed by atoms with Crippen molar-refractivity contribution in [1.82, 2.24) is 4.98 Å². The molecule has 104 valence electrons. The monoisotopic (exact) mass is 278 g/mol. The van der Waals surface area contributed by atoms with Crippen molar-refractivity contribution >= 4 is 11.7 Å². The smallest absolute Gasteiger partial charge is 0.245 e. The van der Waals surface area contributed by atoms with Gasteiger partial charge in [0.05, 0.1) is 17.7 Å². The van der Waals surface area contributed by atoms with Gasteiger partial charge >= 0.3 is 0 Å². The number of anilines is 1. The average molecular weight is 278 g/mol. The second kappa shape index (κ2) is 5.35. The zero-order valence-electron chi connectivity index (χ0n) is 11.4. The van der Waals surface area contributed by atoms with Gasteiger partial charge in [-0.2, -0.15) is 5.26 Å². The number of aromatic nitrogens is 1. The maximum absolute atomic E-state index is 11.9. The van der Waals surface area contributed by atoms with E-state index in [2.05, 4.69) is 11.1 Å². The van der Waals surface area contributed by atoms with Crippen LogP contribution < -0.4 is 10.6 Å². The average Bonchev–Trinajstić information content (AvgIpc) is 2.87. The summed E-state index contributed by atoms with van der Waals surface area (Å²) in [5.74, 6) is 0.513. The molecule has 0 bridgehead atoms. The largest absolute Gasteiger partial charge is 0.320 e. The van der Waals surface area contributed by atoms with E-state index in [1.165, 1.54) is 0 Å². The third-order valence-corrected chi connectivity index (χ3v) is 3.63. The summed E-state index contributed by atoms with van der Waals surface area (Å²) in [6.07, 6.45) is 2.34. The van der Waals surface area contributed by atoms with E-state index in [1.807, 2.05) is 24.3 Å². The molecule has 0 radical (unpaired) electrons. The topological polar surface area (TPSA) is 83.0 Å². The minimum absolute atomic E-state index is 0.0901. The Labute approximate surface area is 122 Å². The first kappa shape index (κ1) is 13.3. The normalized spacial score (nSPS) is 17.8. The van der Waals surface area contributed by atoms with Gasteiger partial charge in [-0.25, -0.2) is 4.98 Å². The summed E-state index contributed by atoms with van der Waals surface area (Å²) in [7, 11) is 0. The molecule has 2 N–H and O–H groups in total. The Morgan fingerprint density at radius 2 is 2.10 bits per heavy atom. The van der Waals surface area contributed by atoms with E-state index < -0.39 is 6.04 Å². The number of nitriles is 1. The van der Waals surface area contributed by atoms with Crippen LogP contribution in [0.2, 0.25) is 0 Å². The van der Waals surface area contributed by atoms with Gasteiger partial charge in [0.15, 0.2) is 0 Å². The van der Waals surface area contributed by atoms with Crippen molar-refractivity contribution in [3.8, 4) is 17.2 Å². The lowest BCUT2D eigenvalue weighted by Crippen LogP contribution is -2.34. The minimum Gasteiger partial charge on any atom is -0.320 e. The van der Waals surface area contributed by atoms with E-state index >= 15 is 0 Å². The lowest BCUT2D eigenvalue weighted by atomic mass is 10.0. The van der Waals surface area contributed by atoms with Crippen LogP contribution in [0.1, 0.15) is 12.0 Å². The molecule has 1 aliphatic heterocycles. The highest BCUT2D eigenvalue weighted by Gasteiger charge is 2.30. The molecular weight excluding hydrogens is 264 g/mol. The van der Waals surface area contributed by atoms with Crippen molar-refractivity contribution in [2.45, 2.75) is 12.5 Å². The Kier molecular flexibility index (Phi) is 3.38. The number of amides is 1. The molecule has 1 unspecified atom stereocenters. The number of nitrogens with zero attached hydrogens (tertiary/aromatic N) is 3. The summed E-state index contributed by atoms with van der Waals surface area (Å²) >= 11 is 0. The molecule has 1 aliphatic rings. The first-order valence-electron chi connectivity index (χ1n) is 6.73. The van der Waals surface area contributed by atoms with Gasteiger partial charge in [0.2, 0.25) is 5.91 Å². The summed E-state index contributed by atoms with van der Waals surface area (Å²) in [6, 6.07) is 12.8. The van der Waals surface area contributed by atoms with Gasteiger partial charge in [-0.15, -0.1) is 0 Å². The highest BCUT2D eigenvalue weighted by atomic mass is 16.2. The standard InChI is InChI=1S/C16H14N4O/c17-9-11-3-1-2-4-13(11)12-5-6-15(19-10-12)20-8-7-14(18)16(20)21/h1-6,10,14H,7-8,18H2. The summed E-state index contributed by atoms with van der Waals surface area (Å²) in [6.45, 7) is 0.598. The van der Waals surface area contributed by atoms with E-state index in [1.54, 1.807) is 23.2 Å². The highest BCUT2D eigenvalue weighted by molar-refractivity contribution is 5.98. The van der Waals surface area contributed by atoms with Gasteiger partial charge in [0.25, 0.3) is 0 Å². The number of nitrogens with two attached hydrogens (primary N) is 1. The molecule has 1 atom stereocenters. The highest BCUT2D eigenvalue weighted by Crippen LogP contribution is 2.25. The lowest BCUT2D eigenvalue weighted by Gasteiger charge is -2.15. The second-order valence-corrected chi connectivity index (χ2v) is 4.95. The van der Waals surface area contributed by atoms with Crippen LogP contribution in [0.5, 0.6) is 0 Å². The number of benzene rings is 1. The van der Waals surface area contributed by atoms with Crippen LogP contribution in [-0.4, -0.2) is 23.5 Å². The van der Waals surface area contributed by atoms with Gasteiger partial charge in [-0.1, -0.05) is 18.2 Å². The predicted molar refractivity (Wildman–Crippen MR) is 79.3 cm³/mol. The third-order valence-electron chi connectivity index (χ3n) is 3.63. The Balaban J connectivity index is 1.92. The van der Waals surface area contributed by atoms with E-state index in [-0.39, 0.29) is 5.91 Å². The molecule has 0 saturated carbocycles. The molecule has 1 aromatic carbocycles. The molecule has 5 nitrogen and oxygen atoms in total. The molecule has 1 saturated heterocycles. The van der Waals surface area contributed by atoms with Crippen molar-refractivity contribution < 1.29 is 4.79 Å². The Bertz CT molecular complexity index is 718. The zero-order valence-corrected chi connectivity index (χ0v) is 11.4. The number of pyridine rings is 1. The fourth-order valence-corrected chi connectivity index (χ4v) is 2.47. The number of carbonyl (C=O) groups is 1. The van der Waals surface area contributed by atoms with E-state index in [0.717, 1.165) is 11.1 Å². The molecule has 1 amide bonds. The van der Waals surface area contributed by atoms with Gasteiger partial charge in [-0.05, 0) is 24.6 Å². The van der Waals surface area contributed by atoms with Crippen LogP contribution in [0.15, 0.2) is 42.6 Å². The maximum atomic E-state index is 11.9.